The maximum absolute atomic E-state index is 12.2. The SMILES string of the molecule is N[C@@H](Cc1ccc(-n2cc(-c3ccc(NC(=O)c4cccs4)cc3)nn2)cc1)C(=O)O.N[C@@H](Cc1ccc(-n2nncc2-c2ccc(NC(=O)c3cccs3)cc2)cc1)C(=O)O. The molecule has 4 aromatic heterocycles. The Morgan fingerprint density at radius 1 is 0.613 bits per heavy atom. The van der Waals surface area contributed by atoms with E-state index in [-0.39, 0.29) is 24.7 Å². The van der Waals surface area contributed by atoms with Gasteiger partial charge in [0.05, 0.1) is 39.2 Å². The second-order valence-electron chi connectivity index (χ2n) is 13.7. The van der Waals surface area contributed by atoms with Crippen LogP contribution in [0.1, 0.15) is 30.5 Å². The Labute approximate surface area is 362 Å². The van der Waals surface area contributed by atoms with E-state index in [4.69, 9.17) is 21.7 Å². The lowest BCUT2D eigenvalue weighted by molar-refractivity contribution is -0.139. The number of carbonyl (C=O) groups is 4. The summed E-state index contributed by atoms with van der Waals surface area (Å²) in [6, 6.07) is 34.8. The van der Waals surface area contributed by atoms with Crippen LogP contribution < -0.4 is 22.1 Å². The van der Waals surface area contributed by atoms with Crippen LogP contribution in [0.5, 0.6) is 0 Å². The third-order valence-corrected chi connectivity index (χ3v) is 11.1. The number of benzene rings is 4. The number of anilines is 2. The lowest BCUT2D eigenvalue weighted by Crippen LogP contribution is -2.32. The zero-order chi connectivity index (χ0) is 43.6. The van der Waals surface area contributed by atoms with Crippen molar-refractivity contribution >= 4 is 57.8 Å². The molecule has 8 rings (SSSR count). The molecule has 0 saturated carbocycles. The number of carbonyl (C=O) groups excluding carboxylic acids is 2. The van der Waals surface area contributed by atoms with Gasteiger partial charge in [-0.25, -0.2) is 9.36 Å². The summed E-state index contributed by atoms with van der Waals surface area (Å²) in [7, 11) is 0. The van der Waals surface area contributed by atoms with Crippen LogP contribution in [0, 0.1) is 0 Å². The zero-order valence-electron chi connectivity index (χ0n) is 32.6. The van der Waals surface area contributed by atoms with Crippen molar-refractivity contribution in [3.05, 3.63) is 165 Å². The summed E-state index contributed by atoms with van der Waals surface area (Å²) in [4.78, 5) is 47.5. The number of aromatic nitrogens is 6. The molecule has 16 nitrogen and oxygen atoms in total. The number of rotatable bonds is 14. The van der Waals surface area contributed by atoms with Crippen molar-refractivity contribution in [1.29, 1.82) is 0 Å². The van der Waals surface area contributed by atoms with Crippen LogP contribution in [0.4, 0.5) is 11.4 Å². The number of hydrogen-bond acceptors (Lipinski definition) is 12. The Hall–Kier alpha value is -7.64. The highest BCUT2D eigenvalue weighted by molar-refractivity contribution is 7.12. The van der Waals surface area contributed by atoms with E-state index in [0.717, 1.165) is 39.3 Å². The molecular formula is C44H38N10O6S2. The standard InChI is InChI=1S/2C22H19N5O3S/c23-18(22(29)30)12-14-3-9-17(10-4-14)27-13-19(25-26-27)15-5-7-16(8-6-15)24-21(28)20-2-1-11-31-20;23-18(22(29)30)12-14-3-9-17(10-4-14)27-19(13-24-26-27)15-5-7-16(8-6-15)25-21(28)20-2-1-11-31-20/h1-11,13,18H,12,23H2,(H,24,28)(H,29,30);1-11,13,18H,12,23H2,(H,25,28)(H,29,30)/t2*18-/m00/s1. The average molecular weight is 867 g/mol. The predicted molar refractivity (Wildman–Crippen MR) is 237 cm³/mol. The fourth-order valence-electron chi connectivity index (χ4n) is 6.03. The highest BCUT2D eigenvalue weighted by Gasteiger charge is 2.15. The predicted octanol–water partition coefficient (Wildman–Crippen LogP) is 6.41. The Morgan fingerprint density at radius 3 is 1.56 bits per heavy atom. The molecule has 0 aliphatic rings. The van der Waals surface area contributed by atoms with Crippen molar-refractivity contribution in [3.8, 4) is 33.9 Å². The maximum Gasteiger partial charge on any atom is 0.320 e. The van der Waals surface area contributed by atoms with Crippen LogP contribution in [-0.2, 0) is 22.4 Å². The first-order chi connectivity index (χ1) is 30.0. The van der Waals surface area contributed by atoms with Crippen LogP contribution >= 0.6 is 22.7 Å². The number of nitrogens with two attached hydrogens (primary N) is 2. The number of aliphatic carboxylic acids is 2. The van der Waals surface area contributed by atoms with Crippen molar-refractivity contribution in [2.75, 3.05) is 10.6 Å². The number of carboxylic acids is 2. The van der Waals surface area contributed by atoms with E-state index in [2.05, 4.69) is 31.3 Å². The van der Waals surface area contributed by atoms with Gasteiger partial charge in [0.2, 0.25) is 0 Å². The molecule has 0 unspecified atom stereocenters. The minimum absolute atomic E-state index is 0.138. The first-order valence-corrected chi connectivity index (χ1v) is 20.7. The molecule has 312 valence electrons. The topological polar surface area (TPSA) is 246 Å². The maximum atomic E-state index is 12.2. The van der Waals surface area contributed by atoms with Gasteiger partial charge in [0.1, 0.15) is 17.8 Å². The quantitative estimate of drug-likeness (QED) is 0.0695. The van der Waals surface area contributed by atoms with Gasteiger partial charge in [0, 0.05) is 22.5 Å². The molecular weight excluding hydrogens is 829 g/mol. The number of hydrogen-bond donors (Lipinski definition) is 6. The Morgan fingerprint density at radius 2 is 1.10 bits per heavy atom. The Bertz CT molecular complexity index is 2750. The third kappa shape index (κ3) is 10.7. The minimum Gasteiger partial charge on any atom is -0.480 e. The van der Waals surface area contributed by atoms with Gasteiger partial charge >= 0.3 is 11.9 Å². The van der Waals surface area contributed by atoms with Crippen LogP contribution in [0.15, 0.2) is 144 Å². The molecule has 0 radical (unpaired) electrons. The van der Waals surface area contributed by atoms with E-state index in [0.29, 0.717) is 26.8 Å². The first-order valence-electron chi connectivity index (χ1n) is 18.9. The van der Waals surface area contributed by atoms with Gasteiger partial charge in [-0.1, -0.05) is 71.1 Å². The highest BCUT2D eigenvalue weighted by Crippen LogP contribution is 2.25. The van der Waals surface area contributed by atoms with Gasteiger partial charge in [-0.3, -0.25) is 19.2 Å². The molecule has 2 amide bonds. The van der Waals surface area contributed by atoms with E-state index in [1.165, 1.54) is 22.7 Å². The molecule has 4 heterocycles. The molecule has 0 aliphatic carbocycles. The summed E-state index contributed by atoms with van der Waals surface area (Å²) >= 11 is 2.78. The summed E-state index contributed by atoms with van der Waals surface area (Å²) in [5, 5.41) is 43.9. The first kappa shape index (κ1) is 42.5. The summed E-state index contributed by atoms with van der Waals surface area (Å²) < 4.78 is 3.34. The van der Waals surface area contributed by atoms with Crippen molar-refractivity contribution in [1.82, 2.24) is 30.0 Å². The molecule has 4 aromatic carbocycles. The highest BCUT2D eigenvalue weighted by atomic mass is 32.1. The molecule has 18 heteroatoms. The van der Waals surface area contributed by atoms with E-state index in [1.807, 2.05) is 120 Å². The Balaban J connectivity index is 0.000000186. The average Bonchev–Trinajstić information content (AvgIpc) is 4.13. The second-order valence-corrected chi connectivity index (χ2v) is 15.6. The molecule has 8 aromatic rings. The monoisotopic (exact) mass is 866 g/mol. The van der Waals surface area contributed by atoms with E-state index in [1.54, 1.807) is 33.9 Å². The van der Waals surface area contributed by atoms with E-state index >= 15 is 0 Å². The molecule has 0 aliphatic heterocycles. The number of thiophene rings is 2. The third-order valence-electron chi connectivity index (χ3n) is 9.34. The molecule has 0 spiro atoms. The Kier molecular flexibility index (Phi) is 13.4. The number of nitrogens with zero attached hydrogens (tertiary/aromatic N) is 6. The van der Waals surface area contributed by atoms with Crippen LogP contribution in [0.2, 0.25) is 0 Å². The van der Waals surface area contributed by atoms with Gasteiger partial charge in [0.15, 0.2) is 0 Å². The smallest absolute Gasteiger partial charge is 0.320 e. The van der Waals surface area contributed by atoms with Gasteiger partial charge < -0.3 is 32.3 Å². The van der Waals surface area contributed by atoms with Crippen molar-refractivity contribution in [2.24, 2.45) is 11.5 Å². The summed E-state index contributed by atoms with van der Waals surface area (Å²) in [6.45, 7) is 0. The normalized spacial score (nSPS) is 11.8. The molecule has 0 saturated heterocycles. The van der Waals surface area contributed by atoms with Crippen molar-refractivity contribution in [3.63, 3.8) is 0 Å². The largest absolute Gasteiger partial charge is 0.480 e. The van der Waals surface area contributed by atoms with Crippen LogP contribution in [0.25, 0.3) is 33.9 Å². The lowest BCUT2D eigenvalue weighted by Gasteiger charge is -2.10. The van der Waals surface area contributed by atoms with Crippen molar-refractivity contribution in [2.45, 2.75) is 24.9 Å². The number of nitrogens with one attached hydrogen (secondary N) is 2. The van der Waals surface area contributed by atoms with Gasteiger partial charge in [-0.2, -0.15) is 0 Å². The van der Waals surface area contributed by atoms with E-state index < -0.39 is 24.0 Å². The van der Waals surface area contributed by atoms with Crippen molar-refractivity contribution < 1.29 is 29.4 Å². The minimum atomic E-state index is -1.03. The summed E-state index contributed by atoms with van der Waals surface area (Å²) in [5.41, 5.74) is 19.0. The molecule has 62 heavy (non-hydrogen) atoms. The van der Waals surface area contributed by atoms with Gasteiger partial charge in [-0.05, 0) is 95.4 Å². The second kappa shape index (κ2) is 19.6. The lowest BCUT2D eigenvalue weighted by atomic mass is 10.1. The van der Waals surface area contributed by atoms with Crippen LogP contribution in [0.3, 0.4) is 0 Å². The summed E-state index contributed by atoms with van der Waals surface area (Å²) in [6.07, 6.45) is 3.97. The van der Waals surface area contributed by atoms with E-state index in [9.17, 15) is 19.2 Å². The zero-order valence-corrected chi connectivity index (χ0v) is 34.2. The van der Waals surface area contributed by atoms with Gasteiger partial charge in [-0.15, -0.1) is 32.9 Å². The van der Waals surface area contributed by atoms with Gasteiger partial charge in [0.25, 0.3) is 11.8 Å². The van der Waals surface area contributed by atoms with Crippen LogP contribution in [-0.4, -0.2) is 76.0 Å². The number of amides is 2. The number of carboxylic acid groups (broad SMARTS) is 2. The molecule has 8 N–H and O–H groups in total. The summed E-state index contributed by atoms with van der Waals surface area (Å²) in [5.74, 6) is -2.33. The molecule has 0 bridgehead atoms. The fourth-order valence-corrected chi connectivity index (χ4v) is 7.27. The fraction of sp³-hybridized carbons (Fsp3) is 0.0909. The molecule has 0 fully saturated rings. The molecule has 2 atom stereocenters.